The van der Waals surface area contributed by atoms with Gasteiger partial charge in [0.2, 0.25) is 0 Å². The Bertz CT molecular complexity index is 706. The van der Waals surface area contributed by atoms with Crippen molar-refractivity contribution in [1.82, 2.24) is 15.1 Å². The number of nitrogens with one attached hydrogen (secondary N) is 1. The molecule has 0 saturated heterocycles. The second-order valence-electron chi connectivity index (χ2n) is 4.77. The molecule has 0 unspecified atom stereocenters. The molecule has 2 rings (SSSR count). The second kappa shape index (κ2) is 5.74. The molecule has 21 heavy (non-hydrogen) atoms. The number of carbonyl (C=O) groups excluding carboxylic acids is 1. The van der Waals surface area contributed by atoms with Gasteiger partial charge in [-0.1, -0.05) is 6.07 Å². The van der Waals surface area contributed by atoms with Crippen LogP contribution in [0.1, 0.15) is 27.2 Å². The third kappa shape index (κ3) is 2.91. The van der Waals surface area contributed by atoms with E-state index in [-0.39, 0.29) is 11.6 Å². The number of nitro benzene ring substituents is 1. The van der Waals surface area contributed by atoms with Crippen molar-refractivity contribution < 1.29 is 9.72 Å². The maximum absolute atomic E-state index is 12.2. The molecule has 1 heterocycles. The van der Waals surface area contributed by atoms with Gasteiger partial charge in [0.15, 0.2) is 0 Å². The summed E-state index contributed by atoms with van der Waals surface area (Å²) in [5.74, 6) is -0.334. The first-order valence-corrected chi connectivity index (χ1v) is 6.41. The van der Waals surface area contributed by atoms with Crippen LogP contribution in [0.15, 0.2) is 24.4 Å². The molecule has 0 atom stereocenters. The largest absolute Gasteiger partial charge is 0.348 e. The number of aryl methyl sites for hydroxylation is 1. The summed E-state index contributed by atoms with van der Waals surface area (Å²) in [5, 5.41) is 17.7. The first kappa shape index (κ1) is 14.7. The van der Waals surface area contributed by atoms with Crippen LogP contribution in [0.3, 0.4) is 0 Å². The molecular formula is C14H16N4O3. The highest BCUT2D eigenvalue weighted by Gasteiger charge is 2.18. The Morgan fingerprint density at radius 1 is 1.43 bits per heavy atom. The van der Waals surface area contributed by atoms with Crippen LogP contribution >= 0.6 is 0 Å². The minimum absolute atomic E-state index is 0.0554. The fourth-order valence-electron chi connectivity index (χ4n) is 2.06. The Balaban J connectivity index is 2.16. The fraction of sp³-hybridized carbons (Fsp3) is 0.286. The molecule has 0 bridgehead atoms. The van der Waals surface area contributed by atoms with Crippen molar-refractivity contribution in [3.05, 3.63) is 56.9 Å². The van der Waals surface area contributed by atoms with Gasteiger partial charge < -0.3 is 5.32 Å². The van der Waals surface area contributed by atoms with Gasteiger partial charge in [0.25, 0.3) is 11.6 Å². The summed E-state index contributed by atoms with van der Waals surface area (Å²) in [5.41, 5.74) is 2.49. The summed E-state index contributed by atoms with van der Waals surface area (Å²) in [6.45, 7) is 3.82. The lowest BCUT2D eigenvalue weighted by molar-refractivity contribution is -0.385. The van der Waals surface area contributed by atoms with Crippen molar-refractivity contribution in [2.45, 2.75) is 20.4 Å². The molecule has 0 aliphatic carbocycles. The number of carbonyl (C=O) groups is 1. The van der Waals surface area contributed by atoms with Crippen LogP contribution in [0, 0.1) is 24.0 Å². The Kier molecular flexibility index (Phi) is 4.02. The van der Waals surface area contributed by atoms with E-state index in [9.17, 15) is 14.9 Å². The second-order valence-corrected chi connectivity index (χ2v) is 4.77. The molecule has 1 aromatic heterocycles. The average molecular weight is 288 g/mol. The fourth-order valence-corrected chi connectivity index (χ4v) is 2.06. The van der Waals surface area contributed by atoms with Gasteiger partial charge in [0.1, 0.15) is 0 Å². The van der Waals surface area contributed by atoms with Crippen LogP contribution in [0.25, 0.3) is 0 Å². The van der Waals surface area contributed by atoms with E-state index in [2.05, 4.69) is 10.4 Å². The Morgan fingerprint density at radius 3 is 2.71 bits per heavy atom. The number of hydrogen-bond donors (Lipinski definition) is 1. The number of aromatic nitrogens is 2. The van der Waals surface area contributed by atoms with Crippen molar-refractivity contribution in [3.8, 4) is 0 Å². The Labute approximate surface area is 121 Å². The van der Waals surface area contributed by atoms with Gasteiger partial charge in [0.05, 0.1) is 11.1 Å². The van der Waals surface area contributed by atoms with Crippen molar-refractivity contribution in [2.75, 3.05) is 0 Å². The quantitative estimate of drug-likeness (QED) is 0.687. The minimum Gasteiger partial charge on any atom is -0.348 e. The molecule has 7 nitrogen and oxygen atoms in total. The van der Waals surface area contributed by atoms with E-state index >= 15 is 0 Å². The number of nitro groups is 1. The maximum Gasteiger partial charge on any atom is 0.273 e. The zero-order valence-electron chi connectivity index (χ0n) is 12.1. The molecule has 110 valence electrons. The normalized spacial score (nSPS) is 10.4. The predicted molar refractivity (Wildman–Crippen MR) is 76.9 cm³/mol. The summed E-state index contributed by atoms with van der Waals surface area (Å²) in [7, 11) is 1.82. The highest BCUT2D eigenvalue weighted by Crippen LogP contribution is 2.21. The van der Waals surface area contributed by atoms with E-state index in [1.165, 1.54) is 12.1 Å². The van der Waals surface area contributed by atoms with E-state index < -0.39 is 4.92 Å². The van der Waals surface area contributed by atoms with Crippen molar-refractivity contribution in [1.29, 1.82) is 0 Å². The number of rotatable bonds is 4. The van der Waals surface area contributed by atoms with Crippen LogP contribution in [0.2, 0.25) is 0 Å². The summed E-state index contributed by atoms with van der Waals surface area (Å²) >= 11 is 0. The summed E-state index contributed by atoms with van der Waals surface area (Å²) in [4.78, 5) is 22.6. The van der Waals surface area contributed by atoms with Crippen LogP contribution < -0.4 is 5.32 Å². The monoisotopic (exact) mass is 288 g/mol. The van der Waals surface area contributed by atoms with Gasteiger partial charge in [-0.2, -0.15) is 5.10 Å². The predicted octanol–water partition coefficient (Wildman–Crippen LogP) is 1.88. The zero-order chi connectivity index (χ0) is 15.6. The van der Waals surface area contributed by atoms with Crippen LogP contribution in [-0.4, -0.2) is 20.6 Å². The first-order valence-electron chi connectivity index (χ1n) is 6.41. The van der Waals surface area contributed by atoms with Gasteiger partial charge in [-0.05, 0) is 19.9 Å². The third-order valence-electron chi connectivity index (χ3n) is 3.52. The van der Waals surface area contributed by atoms with E-state index in [1.54, 1.807) is 23.9 Å². The first-order chi connectivity index (χ1) is 9.91. The molecule has 1 N–H and O–H groups in total. The van der Waals surface area contributed by atoms with Crippen molar-refractivity contribution in [3.63, 3.8) is 0 Å². The van der Waals surface area contributed by atoms with Gasteiger partial charge in [-0.15, -0.1) is 0 Å². The molecule has 7 heteroatoms. The lowest BCUT2D eigenvalue weighted by atomic mass is 10.1. The molecule has 2 aromatic rings. The summed E-state index contributed by atoms with van der Waals surface area (Å²) < 4.78 is 1.72. The van der Waals surface area contributed by atoms with Crippen LogP contribution in [0.4, 0.5) is 5.69 Å². The number of amides is 1. The topological polar surface area (TPSA) is 90.1 Å². The van der Waals surface area contributed by atoms with E-state index in [0.717, 1.165) is 11.3 Å². The van der Waals surface area contributed by atoms with Crippen LogP contribution in [0.5, 0.6) is 0 Å². The van der Waals surface area contributed by atoms with Gasteiger partial charge in [-0.25, -0.2) is 0 Å². The molecule has 1 aromatic carbocycles. The zero-order valence-corrected chi connectivity index (χ0v) is 12.1. The standard InChI is InChI=1S/C14H16N4O3/c1-9-12(5-4-6-13(9)18(20)21)14(19)15-7-11-8-16-17(3)10(11)2/h4-6,8H,7H2,1-3H3,(H,15,19). The summed E-state index contributed by atoms with van der Waals surface area (Å²) in [6, 6.07) is 4.47. The molecular weight excluding hydrogens is 272 g/mol. The highest BCUT2D eigenvalue weighted by atomic mass is 16.6. The number of nitrogens with zero attached hydrogens (tertiary/aromatic N) is 3. The Hall–Kier alpha value is -2.70. The SMILES string of the molecule is Cc1c(C(=O)NCc2cnn(C)c2C)cccc1[N+](=O)[O-]. The molecule has 0 fully saturated rings. The van der Waals surface area contributed by atoms with Gasteiger partial charge in [0, 0.05) is 42.0 Å². The molecule has 0 spiro atoms. The number of hydrogen-bond acceptors (Lipinski definition) is 4. The number of benzene rings is 1. The minimum atomic E-state index is -0.489. The third-order valence-corrected chi connectivity index (χ3v) is 3.52. The van der Waals surface area contributed by atoms with Crippen molar-refractivity contribution >= 4 is 11.6 Å². The van der Waals surface area contributed by atoms with E-state index in [4.69, 9.17) is 0 Å². The Morgan fingerprint density at radius 2 is 2.14 bits per heavy atom. The lowest BCUT2D eigenvalue weighted by Gasteiger charge is -2.07. The molecule has 0 aliphatic rings. The smallest absolute Gasteiger partial charge is 0.273 e. The highest BCUT2D eigenvalue weighted by molar-refractivity contribution is 5.96. The molecule has 1 amide bonds. The van der Waals surface area contributed by atoms with Gasteiger partial charge in [-0.3, -0.25) is 19.6 Å². The maximum atomic E-state index is 12.2. The van der Waals surface area contributed by atoms with E-state index in [1.807, 2.05) is 14.0 Å². The van der Waals surface area contributed by atoms with Gasteiger partial charge >= 0.3 is 0 Å². The summed E-state index contributed by atoms with van der Waals surface area (Å²) in [6.07, 6.45) is 1.69. The van der Waals surface area contributed by atoms with Crippen molar-refractivity contribution in [2.24, 2.45) is 7.05 Å². The molecule has 0 radical (unpaired) electrons. The molecule has 0 saturated carbocycles. The molecule has 0 aliphatic heterocycles. The average Bonchev–Trinajstić information content (AvgIpc) is 2.76. The van der Waals surface area contributed by atoms with E-state index in [0.29, 0.717) is 17.7 Å². The lowest BCUT2D eigenvalue weighted by Crippen LogP contribution is -2.24. The van der Waals surface area contributed by atoms with Crippen LogP contribution in [-0.2, 0) is 13.6 Å².